The van der Waals surface area contributed by atoms with Crippen LogP contribution in [-0.2, 0) is 10.0 Å². The zero-order valence-electron chi connectivity index (χ0n) is 10.0. The number of hydrogen-bond acceptors (Lipinski definition) is 4. The van der Waals surface area contributed by atoms with Gasteiger partial charge in [-0.3, -0.25) is 0 Å². The first-order chi connectivity index (χ1) is 7.50. The standard InChI is InChI=1S/C10H21N3O2S/c1-9-7-13(6-4-11-9)16(14,15)10-3-5-12(2)8-10/h9-11H,3-8H2,1-2H3. The van der Waals surface area contributed by atoms with Gasteiger partial charge in [0, 0.05) is 32.2 Å². The van der Waals surface area contributed by atoms with Crippen molar-refractivity contribution < 1.29 is 8.42 Å². The Morgan fingerprint density at radius 1 is 1.25 bits per heavy atom. The molecule has 0 aliphatic carbocycles. The number of nitrogens with zero attached hydrogens (tertiary/aromatic N) is 2. The highest BCUT2D eigenvalue weighted by molar-refractivity contribution is 7.89. The van der Waals surface area contributed by atoms with Crippen LogP contribution in [0.25, 0.3) is 0 Å². The van der Waals surface area contributed by atoms with Crippen molar-refractivity contribution in [3.8, 4) is 0 Å². The first kappa shape index (κ1) is 12.3. The molecule has 2 heterocycles. The van der Waals surface area contributed by atoms with Crippen LogP contribution in [0.3, 0.4) is 0 Å². The lowest BCUT2D eigenvalue weighted by Crippen LogP contribution is -2.53. The molecule has 2 aliphatic heterocycles. The van der Waals surface area contributed by atoms with Gasteiger partial charge >= 0.3 is 0 Å². The van der Waals surface area contributed by atoms with Gasteiger partial charge in [0.2, 0.25) is 10.0 Å². The molecule has 0 aromatic carbocycles. The number of rotatable bonds is 2. The summed E-state index contributed by atoms with van der Waals surface area (Å²) in [6.07, 6.45) is 0.775. The van der Waals surface area contributed by atoms with E-state index in [1.165, 1.54) is 0 Å². The van der Waals surface area contributed by atoms with Gasteiger partial charge < -0.3 is 10.2 Å². The van der Waals surface area contributed by atoms with Crippen molar-refractivity contribution in [2.75, 3.05) is 39.8 Å². The predicted molar refractivity (Wildman–Crippen MR) is 63.9 cm³/mol. The van der Waals surface area contributed by atoms with E-state index in [-0.39, 0.29) is 11.3 Å². The van der Waals surface area contributed by atoms with E-state index < -0.39 is 10.0 Å². The van der Waals surface area contributed by atoms with Gasteiger partial charge in [-0.15, -0.1) is 0 Å². The second-order valence-electron chi connectivity index (χ2n) is 4.93. The van der Waals surface area contributed by atoms with Crippen LogP contribution in [0.5, 0.6) is 0 Å². The Labute approximate surface area is 97.8 Å². The van der Waals surface area contributed by atoms with E-state index in [0.29, 0.717) is 19.6 Å². The SMILES string of the molecule is CC1CN(S(=O)(=O)C2CCN(C)C2)CCN1. The molecule has 0 radical (unpaired) electrons. The van der Waals surface area contributed by atoms with E-state index >= 15 is 0 Å². The number of sulfonamides is 1. The second kappa shape index (κ2) is 4.60. The van der Waals surface area contributed by atoms with Crippen LogP contribution in [0, 0.1) is 0 Å². The van der Waals surface area contributed by atoms with E-state index in [1.807, 2.05) is 14.0 Å². The van der Waals surface area contributed by atoms with Gasteiger partial charge in [-0.1, -0.05) is 0 Å². The van der Waals surface area contributed by atoms with Crippen molar-refractivity contribution in [3.63, 3.8) is 0 Å². The van der Waals surface area contributed by atoms with Gasteiger partial charge in [-0.2, -0.15) is 4.31 Å². The molecule has 0 aromatic heterocycles. The van der Waals surface area contributed by atoms with E-state index in [9.17, 15) is 8.42 Å². The number of nitrogens with one attached hydrogen (secondary N) is 1. The maximum absolute atomic E-state index is 12.4. The molecule has 6 heteroatoms. The fraction of sp³-hybridized carbons (Fsp3) is 1.00. The maximum atomic E-state index is 12.4. The lowest BCUT2D eigenvalue weighted by Gasteiger charge is -2.32. The molecule has 2 rings (SSSR count). The summed E-state index contributed by atoms with van der Waals surface area (Å²) in [6, 6.07) is 0.266. The van der Waals surface area contributed by atoms with Crippen molar-refractivity contribution in [1.82, 2.24) is 14.5 Å². The van der Waals surface area contributed by atoms with Gasteiger partial charge in [-0.25, -0.2) is 8.42 Å². The molecule has 2 aliphatic rings. The zero-order chi connectivity index (χ0) is 11.8. The van der Waals surface area contributed by atoms with Crippen LogP contribution in [-0.4, -0.2) is 68.7 Å². The van der Waals surface area contributed by atoms with Crippen molar-refractivity contribution in [3.05, 3.63) is 0 Å². The monoisotopic (exact) mass is 247 g/mol. The predicted octanol–water partition coefficient (Wildman–Crippen LogP) is -0.686. The van der Waals surface area contributed by atoms with Crippen LogP contribution in [0.2, 0.25) is 0 Å². The summed E-state index contributed by atoms with van der Waals surface area (Å²) >= 11 is 0. The Morgan fingerprint density at radius 3 is 2.56 bits per heavy atom. The Kier molecular flexibility index (Phi) is 3.53. The molecule has 16 heavy (non-hydrogen) atoms. The molecular weight excluding hydrogens is 226 g/mol. The zero-order valence-corrected chi connectivity index (χ0v) is 10.8. The Balaban J connectivity index is 2.06. The van der Waals surface area contributed by atoms with Crippen LogP contribution < -0.4 is 5.32 Å². The number of piperazine rings is 1. The minimum absolute atomic E-state index is 0.192. The van der Waals surface area contributed by atoms with Crippen molar-refractivity contribution >= 4 is 10.0 Å². The van der Waals surface area contributed by atoms with Crippen molar-refractivity contribution in [2.24, 2.45) is 0 Å². The third-order valence-corrected chi connectivity index (χ3v) is 5.74. The van der Waals surface area contributed by atoms with Gasteiger partial charge in [-0.05, 0) is 26.9 Å². The maximum Gasteiger partial charge on any atom is 0.218 e. The molecule has 2 unspecified atom stereocenters. The topological polar surface area (TPSA) is 52.7 Å². The van der Waals surface area contributed by atoms with Gasteiger partial charge in [0.05, 0.1) is 5.25 Å². The van der Waals surface area contributed by atoms with E-state index in [4.69, 9.17) is 0 Å². The molecule has 2 fully saturated rings. The van der Waals surface area contributed by atoms with E-state index in [2.05, 4.69) is 10.2 Å². The number of likely N-dealkylation sites (tertiary alicyclic amines) is 1. The Morgan fingerprint density at radius 2 is 2.00 bits per heavy atom. The Bertz CT molecular complexity index is 344. The summed E-state index contributed by atoms with van der Waals surface area (Å²) in [6.45, 7) is 5.60. The van der Waals surface area contributed by atoms with Crippen LogP contribution in [0.1, 0.15) is 13.3 Å². The van der Waals surface area contributed by atoms with E-state index in [1.54, 1.807) is 4.31 Å². The molecule has 0 aromatic rings. The normalized spacial score (nSPS) is 34.4. The fourth-order valence-corrected chi connectivity index (χ4v) is 4.52. The van der Waals surface area contributed by atoms with E-state index in [0.717, 1.165) is 19.5 Å². The van der Waals surface area contributed by atoms with Crippen LogP contribution in [0.4, 0.5) is 0 Å². The molecule has 2 atom stereocenters. The van der Waals surface area contributed by atoms with Crippen LogP contribution in [0.15, 0.2) is 0 Å². The van der Waals surface area contributed by atoms with Gasteiger partial charge in [0.1, 0.15) is 0 Å². The van der Waals surface area contributed by atoms with Crippen LogP contribution >= 0.6 is 0 Å². The molecule has 5 nitrogen and oxygen atoms in total. The lowest BCUT2D eigenvalue weighted by molar-refractivity contribution is 0.306. The molecule has 0 amide bonds. The average molecular weight is 247 g/mol. The molecule has 0 bridgehead atoms. The molecule has 1 N–H and O–H groups in total. The summed E-state index contributed by atoms with van der Waals surface area (Å²) in [5.41, 5.74) is 0. The summed E-state index contributed by atoms with van der Waals surface area (Å²) in [4.78, 5) is 2.09. The van der Waals surface area contributed by atoms with Gasteiger partial charge in [0.15, 0.2) is 0 Å². The lowest BCUT2D eigenvalue weighted by atomic mass is 10.3. The van der Waals surface area contributed by atoms with Gasteiger partial charge in [0.25, 0.3) is 0 Å². The minimum Gasteiger partial charge on any atom is -0.312 e. The fourth-order valence-electron chi connectivity index (χ4n) is 2.48. The molecule has 2 saturated heterocycles. The summed E-state index contributed by atoms with van der Waals surface area (Å²) in [7, 11) is -1.09. The summed E-state index contributed by atoms with van der Waals surface area (Å²) < 4.78 is 26.4. The van der Waals surface area contributed by atoms with Crippen molar-refractivity contribution in [2.45, 2.75) is 24.6 Å². The summed E-state index contributed by atoms with van der Waals surface area (Å²) in [5.74, 6) is 0. The highest BCUT2D eigenvalue weighted by atomic mass is 32.2. The molecule has 94 valence electrons. The molecule has 0 spiro atoms. The molecule has 0 saturated carbocycles. The first-order valence-corrected chi connectivity index (χ1v) is 7.41. The third-order valence-electron chi connectivity index (χ3n) is 3.46. The molecular formula is C10H21N3O2S. The highest BCUT2D eigenvalue weighted by Gasteiger charge is 2.37. The quantitative estimate of drug-likeness (QED) is 0.702. The Hall–Kier alpha value is -0.170. The third kappa shape index (κ3) is 2.40. The largest absolute Gasteiger partial charge is 0.312 e. The smallest absolute Gasteiger partial charge is 0.218 e. The minimum atomic E-state index is -3.08. The van der Waals surface area contributed by atoms with Crippen molar-refractivity contribution in [1.29, 1.82) is 0 Å². The number of hydrogen-bond donors (Lipinski definition) is 1. The highest BCUT2D eigenvalue weighted by Crippen LogP contribution is 2.20. The second-order valence-corrected chi connectivity index (χ2v) is 7.14. The summed E-state index contributed by atoms with van der Waals surface area (Å²) in [5, 5.41) is 3.08. The first-order valence-electron chi connectivity index (χ1n) is 5.91. The average Bonchev–Trinajstić information content (AvgIpc) is 2.65.